The molecule has 9 aromatic rings. The Balaban J connectivity index is 0.719. The zero-order valence-corrected chi connectivity index (χ0v) is 39.8. The minimum Gasteiger partial charge on any atom is -0.0617 e. The van der Waals surface area contributed by atoms with Gasteiger partial charge < -0.3 is 0 Å². The van der Waals surface area contributed by atoms with Crippen LogP contribution in [0.1, 0.15) is 100 Å². The van der Waals surface area contributed by atoms with Gasteiger partial charge in [-0.2, -0.15) is 0 Å². The number of aryl methyl sites for hydroxylation is 2. The van der Waals surface area contributed by atoms with Crippen LogP contribution in [0, 0.1) is 109 Å². The molecule has 0 aliphatic heterocycles. The molecule has 0 fully saturated rings. The third-order valence-electron chi connectivity index (χ3n) is 11.1. The predicted molar refractivity (Wildman–Crippen MR) is 295 cm³/mol. The van der Waals surface area contributed by atoms with E-state index < -0.39 is 0 Å². The SMILES string of the molecule is Cc1ccc(C#Cc2ccc(C#Cc3ccc(C#Cc4ccc(C#Cc5ccc(C#Cc6ccc(C#Cc7ccc(C#Cc8ccc(C#Cc9ccc(C)cc9)cc8)cc7)cc6)cc5)cc4)cc3)cc2)cc1. The molecule has 0 saturated heterocycles. The van der Waals surface area contributed by atoms with E-state index in [4.69, 9.17) is 0 Å². The van der Waals surface area contributed by atoms with Crippen molar-refractivity contribution in [3.05, 3.63) is 319 Å². The van der Waals surface area contributed by atoms with Crippen molar-refractivity contribution >= 4 is 0 Å². The van der Waals surface area contributed by atoms with Crippen molar-refractivity contribution in [2.24, 2.45) is 0 Å². The molecule has 0 nitrogen and oxygen atoms in total. The quantitative estimate of drug-likeness (QED) is 0.133. The second-order valence-corrected chi connectivity index (χ2v) is 16.8. The van der Waals surface area contributed by atoms with Crippen LogP contribution in [0.25, 0.3) is 0 Å². The second kappa shape index (κ2) is 23.5. The van der Waals surface area contributed by atoms with Crippen LogP contribution in [0.3, 0.4) is 0 Å². The van der Waals surface area contributed by atoms with E-state index in [9.17, 15) is 0 Å². The summed E-state index contributed by atoms with van der Waals surface area (Å²) in [6, 6.07) is 72.4. The van der Waals surface area contributed by atoms with Crippen molar-refractivity contribution in [1.82, 2.24) is 0 Å². The van der Waals surface area contributed by atoms with E-state index >= 15 is 0 Å². The van der Waals surface area contributed by atoms with Gasteiger partial charge in [-0.05, 0) is 208 Å². The summed E-state index contributed by atoms with van der Waals surface area (Å²) in [6.07, 6.45) is 0. The Morgan fingerprint density at radius 3 is 0.278 bits per heavy atom. The van der Waals surface area contributed by atoms with Crippen LogP contribution in [-0.4, -0.2) is 0 Å². The number of hydrogen-bond acceptors (Lipinski definition) is 0. The van der Waals surface area contributed by atoms with E-state index in [1.807, 2.05) is 194 Å². The third kappa shape index (κ3) is 14.2. The van der Waals surface area contributed by atoms with Crippen LogP contribution >= 0.6 is 0 Å². The molecule has 0 spiro atoms. The Morgan fingerprint density at radius 2 is 0.194 bits per heavy atom. The monoisotopic (exact) mass is 906 g/mol. The van der Waals surface area contributed by atoms with Gasteiger partial charge in [0, 0.05) is 89.0 Å². The molecule has 0 radical (unpaired) electrons. The molecule has 0 bridgehead atoms. The first-order valence-electron chi connectivity index (χ1n) is 23.4. The Morgan fingerprint density at radius 1 is 0.125 bits per heavy atom. The van der Waals surface area contributed by atoms with Gasteiger partial charge >= 0.3 is 0 Å². The number of benzene rings is 9. The summed E-state index contributed by atoms with van der Waals surface area (Å²) in [6.45, 7) is 4.15. The number of hydrogen-bond donors (Lipinski definition) is 0. The Kier molecular flexibility index (Phi) is 15.2. The molecule has 0 unspecified atom stereocenters. The highest BCUT2D eigenvalue weighted by Gasteiger charge is 1.97. The fraction of sp³-hybridized carbons (Fsp3) is 0.0278. The van der Waals surface area contributed by atoms with Crippen LogP contribution in [0.5, 0.6) is 0 Å². The van der Waals surface area contributed by atoms with Gasteiger partial charge in [0.1, 0.15) is 0 Å². The molecule has 330 valence electrons. The Bertz CT molecular complexity index is 3640. The van der Waals surface area contributed by atoms with E-state index in [0.717, 1.165) is 89.0 Å². The van der Waals surface area contributed by atoms with Gasteiger partial charge in [-0.1, -0.05) is 130 Å². The first-order valence-corrected chi connectivity index (χ1v) is 23.4. The van der Waals surface area contributed by atoms with E-state index in [1.165, 1.54) is 11.1 Å². The number of rotatable bonds is 0. The molecule has 0 atom stereocenters. The second-order valence-electron chi connectivity index (χ2n) is 16.8. The molecule has 0 heterocycles. The Labute approximate surface area is 424 Å². The molecule has 72 heavy (non-hydrogen) atoms. The van der Waals surface area contributed by atoms with Gasteiger partial charge in [0.15, 0.2) is 0 Å². The van der Waals surface area contributed by atoms with Crippen molar-refractivity contribution in [2.45, 2.75) is 13.8 Å². The predicted octanol–water partition coefficient (Wildman–Crippen LogP) is 13.5. The molecule has 9 rings (SSSR count). The maximum atomic E-state index is 3.26. The summed E-state index contributed by atoms with van der Waals surface area (Å²) in [5.74, 6) is 51.9. The molecule has 0 aliphatic carbocycles. The lowest BCUT2D eigenvalue weighted by Gasteiger charge is -1.95. The standard InChI is InChI=1S/C72H42/c1-55-3-7-57(8-4-55)11-13-59-15-19-61(20-16-59)23-25-63-27-31-65(32-28-63)35-37-67-39-43-69(44-40-67)47-49-71-51-53-72(54-52-71)50-48-70-45-41-68(42-46-70)38-36-66-33-29-64(30-34-66)26-24-62-21-17-60(18-22-62)14-12-58-9-5-56(2)6-10-58/h3-10,15-22,27-34,39-46,51-54H,1-2H3. The van der Waals surface area contributed by atoms with Crippen LogP contribution < -0.4 is 0 Å². The highest BCUT2D eigenvalue weighted by atomic mass is 14.0. The highest BCUT2D eigenvalue weighted by molar-refractivity contribution is 5.55. The van der Waals surface area contributed by atoms with Crippen LogP contribution in [-0.2, 0) is 0 Å². The highest BCUT2D eigenvalue weighted by Crippen LogP contribution is 2.11. The third-order valence-corrected chi connectivity index (χ3v) is 11.1. The first kappa shape index (κ1) is 46.6. The molecule has 0 amide bonds. The largest absolute Gasteiger partial charge is 0.0617 e. The van der Waals surface area contributed by atoms with Crippen LogP contribution in [0.2, 0.25) is 0 Å². The molecule has 0 aliphatic rings. The van der Waals surface area contributed by atoms with E-state index in [-0.39, 0.29) is 0 Å². The fourth-order valence-corrected chi connectivity index (χ4v) is 6.89. The fourth-order valence-electron chi connectivity index (χ4n) is 6.89. The average molecular weight is 907 g/mol. The zero-order chi connectivity index (χ0) is 49.2. The lowest BCUT2D eigenvalue weighted by atomic mass is 10.1. The summed E-state index contributed by atoms with van der Waals surface area (Å²) < 4.78 is 0. The van der Waals surface area contributed by atoms with Gasteiger partial charge in [-0.15, -0.1) is 0 Å². The lowest BCUT2D eigenvalue weighted by molar-refractivity contribution is 1.46. The summed E-state index contributed by atoms with van der Waals surface area (Å²) in [5.41, 5.74) is 17.5. The van der Waals surface area contributed by atoms with Crippen molar-refractivity contribution in [2.75, 3.05) is 0 Å². The summed E-state index contributed by atoms with van der Waals surface area (Å²) in [7, 11) is 0. The first-order chi connectivity index (χ1) is 35.4. The molecule has 0 saturated carbocycles. The Hall–Kier alpha value is -10.5. The topological polar surface area (TPSA) is 0 Å². The van der Waals surface area contributed by atoms with Gasteiger partial charge in [-0.25, -0.2) is 0 Å². The van der Waals surface area contributed by atoms with E-state index in [0.29, 0.717) is 0 Å². The minimum absolute atomic E-state index is 0.919. The maximum Gasteiger partial charge on any atom is 0.0249 e. The lowest BCUT2D eigenvalue weighted by Crippen LogP contribution is -1.81. The summed E-state index contributed by atoms with van der Waals surface area (Å²) in [5, 5.41) is 0. The normalized spacial score (nSPS) is 9.47. The van der Waals surface area contributed by atoms with Crippen molar-refractivity contribution < 1.29 is 0 Å². The molecule has 0 aromatic heterocycles. The van der Waals surface area contributed by atoms with Crippen molar-refractivity contribution in [1.29, 1.82) is 0 Å². The zero-order valence-electron chi connectivity index (χ0n) is 39.8. The minimum atomic E-state index is 0.919. The summed E-state index contributed by atoms with van der Waals surface area (Å²) in [4.78, 5) is 0. The molecular formula is C72H42. The molecule has 0 heteroatoms. The van der Waals surface area contributed by atoms with Crippen molar-refractivity contribution in [3.8, 4) is 94.7 Å². The van der Waals surface area contributed by atoms with Crippen LogP contribution in [0.4, 0.5) is 0 Å². The molecular weight excluding hydrogens is 865 g/mol. The van der Waals surface area contributed by atoms with Gasteiger partial charge in [0.25, 0.3) is 0 Å². The summed E-state index contributed by atoms with van der Waals surface area (Å²) >= 11 is 0. The van der Waals surface area contributed by atoms with E-state index in [1.54, 1.807) is 0 Å². The van der Waals surface area contributed by atoms with Crippen LogP contribution in [0.15, 0.2) is 218 Å². The van der Waals surface area contributed by atoms with Gasteiger partial charge in [-0.3, -0.25) is 0 Å². The van der Waals surface area contributed by atoms with Gasteiger partial charge in [0.05, 0.1) is 0 Å². The smallest absolute Gasteiger partial charge is 0.0249 e. The van der Waals surface area contributed by atoms with E-state index in [2.05, 4.69) is 133 Å². The average Bonchev–Trinajstić information content (AvgIpc) is 3.43. The molecule has 0 N–H and O–H groups in total. The molecule has 9 aromatic carbocycles. The maximum absolute atomic E-state index is 3.26. The van der Waals surface area contributed by atoms with Gasteiger partial charge in [0.2, 0.25) is 0 Å². The van der Waals surface area contributed by atoms with Crippen molar-refractivity contribution in [3.63, 3.8) is 0 Å².